The number of ether oxygens (including phenoxy) is 2. The van der Waals surface area contributed by atoms with Gasteiger partial charge in [0.15, 0.2) is 9.93 Å². The van der Waals surface area contributed by atoms with Crippen molar-refractivity contribution in [2.45, 2.75) is 52.5 Å². The molecule has 0 aliphatic rings. The van der Waals surface area contributed by atoms with Gasteiger partial charge in [0.2, 0.25) is 11.9 Å². The van der Waals surface area contributed by atoms with Crippen molar-refractivity contribution in [2.24, 2.45) is 0 Å². The van der Waals surface area contributed by atoms with E-state index < -0.39 is 112 Å². The summed E-state index contributed by atoms with van der Waals surface area (Å²) in [5.41, 5.74) is -10.2. The number of benzene rings is 2. The largest absolute Gasteiger partial charge is 0.497 e. The number of nitrogens with zero attached hydrogens (tertiary/aromatic N) is 5. The number of aromatic nitrogens is 6. The Bertz CT molecular complexity index is 2960. The average molecular weight is 743 g/mol. The maximum atomic E-state index is 11.7. The molecule has 17 heteroatoms. The number of hydrogen-bond donors (Lipinski definition) is 4. The summed E-state index contributed by atoms with van der Waals surface area (Å²) >= 11 is 5.32. The predicted molar refractivity (Wildman–Crippen MR) is 194 cm³/mol. The number of H-pyrrole nitrogens is 3. The van der Waals surface area contributed by atoms with Crippen molar-refractivity contribution in [2.75, 3.05) is 14.2 Å². The average Bonchev–Trinajstić information content (AvgIpc) is 3.76. The highest BCUT2D eigenvalue weighted by Crippen LogP contribution is 2.30. The molecule has 4 heterocycles. The highest BCUT2D eigenvalue weighted by molar-refractivity contribution is 7.98. The molecule has 0 unspecified atom stereocenters. The summed E-state index contributed by atoms with van der Waals surface area (Å²) < 4.78 is 154. The summed E-state index contributed by atoms with van der Waals surface area (Å²) in [5.74, 6) is 1.33. The summed E-state index contributed by atoms with van der Waals surface area (Å²) in [6.45, 7) is -16.6. The highest BCUT2D eigenvalue weighted by Gasteiger charge is 2.24. The minimum absolute atomic E-state index is 0. The molecule has 0 aliphatic heterocycles. The van der Waals surface area contributed by atoms with Crippen molar-refractivity contribution in [1.82, 2.24) is 24.9 Å². The zero-order chi connectivity index (χ0) is 52.0. The number of thioether (sulfide) groups is 1. The van der Waals surface area contributed by atoms with Gasteiger partial charge in [0.1, 0.15) is 12.9 Å². The molecular formula is C33H39N8O7S2+. The summed E-state index contributed by atoms with van der Waals surface area (Å²) in [4.78, 5) is 37.0. The van der Waals surface area contributed by atoms with Gasteiger partial charge in [-0.15, -0.1) is 0 Å². The van der Waals surface area contributed by atoms with E-state index in [-0.39, 0.29) is 12.6 Å². The lowest BCUT2D eigenvalue weighted by Gasteiger charge is -2.06. The lowest BCUT2D eigenvalue weighted by molar-refractivity contribution is -0.909. The molecule has 0 atom stereocenters. The van der Waals surface area contributed by atoms with Crippen molar-refractivity contribution in [1.29, 1.82) is 0 Å². The van der Waals surface area contributed by atoms with Crippen LogP contribution in [0.25, 0.3) is 22.1 Å². The van der Waals surface area contributed by atoms with Gasteiger partial charge in [-0.05, 0) is 63.9 Å². The fraction of sp³-hybridized carbons (Fsp3) is 0.273. The smallest absolute Gasteiger partial charge is 0.287 e. The van der Waals surface area contributed by atoms with E-state index in [2.05, 4.69) is 24.9 Å². The van der Waals surface area contributed by atoms with E-state index in [9.17, 15) is 25.4 Å². The van der Waals surface area contributed by atoms with Crippen molar-refractivity contribution in [3.8, 4) is 11.5 Å². The Labute approximate surface area is 323 Å². The molecule has 15 nitrogen and oxygen atoms in total. The number of methoxy groups -OCH3 is 2. The lowest BCUT2D eigenvalue weighted by Crippen LogP contribution is -2.35. The number of nitro groups is 2. The number of fused-ring (bicyclic) bond motifs is 2. The molecular weight excluding hydrogens is 685 g/mol. The summed E-state index contributed by atoms with van der Waals surface area (Å²) in [6, 6.07) is 10.6. The fourth-order valence-electron chi connectivity index (χ4n) is 3.83. The van der Waals surface area contributed by atoms with Crippen LogP contribution >= 0.6 is 24.0 Å². The van der Waals surface area contributed by atoms with E-state index in [1.165, 1.54) is 7.11 Å². The number of rotatable bonds is 7. The van der Waals surface area contributed by atoms with Crippen LogP contribution < -0.4 is 14.2 Å². The molecule has 50 heavy (non-hydrogen) atoms. The molecule has 0 bridgehead atoms. The van der Waals surface area contributed by atoms with Crippen molar-refractivity contribution >= 4 is 57.4 Å². The number of aromatic amines is 3. The van der Waals surface area contributed by atoms with Gasteiger partial charge >= 0.3 is 0 Å². The van der Waals surface area contributed by atoms with Crippen molar-refractivity contribution < 1.29 is 55.3 Å². The predicted octanol–water partition coefficient (Wildman–Crippen LogP) is 7.70. The van der Waals surface area contributed by atoms with Gasteiger partial charge in [-0.2, -0.15) is 0 Å². The molecule has 0 spiro atoms. The van der Waals surface area contributed by atoms with Crippen molar-refractivity contribution in [3.05, 3.63) is 107 Å². The Kier molecular flexibility index (Phi) is 6.55. The molecule has 0 saturated carbocycles. The van der Waals surface area contributed by atoms with E-state index in [1.807, 2.05) is 18.2 Å². The third-order valence-corrected chi connectivity index (χ3v) is 7.02. The van der Waals surface area contributed by atoms with Gasteiger partial charge in [-0.1, -0.05) is 19.2 Å². The molecule has 2 aromatic carbocycles. The number of nitrogens with one attached hydrogen (secondary N) is 3. The second-order valence-electron chi connectivity index (χ2n) is 9.18. The van der Waals surface area contributed by atoms with Crippen LogP contribution in [0.3, 0.4) is 0 Å². The molecule has 4 N–H and O–H groups in total. The van der Waals surface area contributed by atoms with E-state index in [0.29, 0.717) is 33.3 Å². The van der Waals surface area contributed by atoms with Gasteiger partial charge in [0.05, 0.1) is 64.3 Å². The standard InChI is InChI=1S/C16H16N4O3S.C8H11N2O3.C8H8N2OS.CH4/c1-9-7-17-14(10(2)15(9)20(21)22)8-24-16-18-12-5-4-11(23-3)6-13(12)19-16;1-5-4-9(11)7(3)6(2)8(5)10(12)13;1-11-5-2-3-6-7(4-5)10-8(12)9-6;/h4-7H,8H2,1-3H3,(H,18,19);4,11H,1-3H3;2-4H,1H3,(H2,9,10,12);1H4/q;+1;;/i1D3,2D3,7D,8D2;1D3,2D3,3D3,4D;;. The monoisotopic (exact) mass is 742 g/mol. The minimum atomic E-state index is -3.41. The SMILES string of the molecule is C.COc1ccc2[nH]c(=S)[nH]c2c1.[2H]c1c(C([2H])([2H])[2H])c([N+](=O)[O-])c(C([2H])([2H])[2H])c(C([2H])([2H])[2H])[n+]1O.[2H]c1nc(C([2H])([2H])Sc2nc3ccc(OC)cc3[nH]2)c(C([2H])([2H])[2H])c([N+](=O)[O-])c1C([2H])([2H])[2H]. The van der Waals surface area contributed by atoms with Crippen LogP contribution in [0.2, 0.25) is 0 Å². The third kappa shape index (κ3) is 8.91. The molecule has 264 valence electrons. The lowest BCUT2D eigenvalue weighted by atomic mass is 10.1. The Hall–Kier alpha value is -5.55. The van der Waals surface area contributed by atoms with Crippen LogP contribution in [0.15, 0.2) is 53.9 Å². The van der Waals surface area contributed by atoms with Crippen LogP contribution in [0.5, 0.6) is 11.5 Å². The third-order valence-electron chi connectivity index (χ3n) is 6.13. The maximum Gasteiger partial charge on any atom is 0.287 e. The van der Waals surface area contributed by atoms with Gasteiger partial charge < -0.3 is 24.4 Å². The Balaban J connectivity index is 0.000000302. The zero-order valence-corrected chi connectivity index (χ0v) is 26.5. The van der Waals surface area contributed by atoms with Crippen LogP contribution in [0.4, 0.5) is 11.4 Å². The van der Waals surface area contributed by atoms with Crippen LogP contribution in [-0.4, -0.2) is 54.2 Å². The van der Waals surface area contributed by atoms with Gasteiger partial charge in [-0.25, -0.2) is 4.98 Å². The van der Waals surface area contributed by atoms with Crippen molar-refractivity contribution in [3.63, 3.8) is 0 Å². The number of imidazole rings is 2. The topological polar surface area (TPSA) is 202 Å². The quantitative estimate of drug-likeness (QED) is 0.0312. The number of hydrogen-bond acceptors (Lipinski definition) is 11. The molecule has 6 aromatic rings. The summed E-state index contributed by atoms with van der Waals surface area (Å²) in [7, 11) is 3.10. The van der Waals surface area contributed by atoms with E-state index >= 15 is 0 Å². The van der Waals surface area contributed by atoms with Crippen LogP contribution in [0, 0.1) is 59.3 Å². The first-order chi connectivity index (χ1) is 30.9. The maximum absolute atomic E-state index is 11.7. The Morgan fingerprint density at radius 2 is 1.58 bits per heavy atom. The minimum Gasteiger partial charge on any atom is -0.497 e. The first-order valence-electron chi connectivity index (χ1n) is 22.5. The van der Waals surface area contributed by atoms with Gasteiger partial charge in [0, 0.05) is 70.0 Å². The molecule has 0 radical (unpaired) electrons. The Morgan fingerprint density at radius 3 is 2.20 bits per heavy atom. The molecule has 0 amide bonds. The highest BCUT2D eigenvalue weighted by atomic mass is 32.2. The fourth-order valence-corrected chi connectivity index (χ4v) is 4.70. The summed E-state index contributed by atoms with van der Waals surface area (Å²) in [5, 5.41) is 32.7. The van der Waals surface area contributed by atoms with E-state index in [4.69, 9.17) is 47.7 Å². The second-order valence-corrected chi connectivity index (χ2v) is 10.4. The van der Waals surface area contributed by atoms with Crippen LogP contribution in [-0.2, 0) is 5.70 Å². The molecule has 4 aromatic heterocycles. The summed E-state index contributed by atoms with van der Waals surface area (Å²) in [6.07, 6.45) is -2.50. The second kappa shape index (κ2) is 16.7. The van der Waals surface area contributed by atoms with E-state index in [0.717, 1.165) is 16.8 Å². The molecule has 6 rings (SSSR count). The van der Waals surface area contributed by atoms with E-state index in [1.54, 1.807) is 25.3 Å². The normalized spacial score (nSPS) is 17.5. The first-order valence-corrected chi connectivity index (χ1v) is 14.3. The van der Waals surface area contributed by atoms with Gasteiger partial charge in [-0.3, -0.25) is 30.4 Å². The molecule has 0 fully saturated rings. The van der Waals surface area contributed by atoms with Gasteiger partial charge in [0.25, 0.3) is 11.4 Å². The molecule has 0 aliphatic carbocycles. The number of pyridine rings is 2. The molecule has 0 saturated heterocycles. The zero-order valence-electron chi connectivity index (χ0n) is 43.9. The first kappa shape index (κ1) is 19.6. The Morgan fingerprint density at radius 1 is 0.940 bits per heavy atom. The van der Waals surface area contributed by atoms with Crippen LogP contribution in [0.1, 0.15) is 67.1 Å².